The molecule has 6 heteroatoms. The number of anilines is 1. The third-order valence-electron chi connectivity index (χ3n) is 2.96. The monoisotopic (exact) mass is 284 g/mol. The number of ether oxygens (including phenoxy) is 2. The molecule has 0 spiro atoms. The van der Waals surface area contributed by atoms with E-state index in [-0.39, 0.29) is 0 Å². The molecule has 0 saturated carbocycles. The van der Waals surface area contributed by atoms with Gasteiger partial charge in [0.05, 0.1) is 24.3 Å². The molecule has 0 amide bonds. The fourth-order valence-corrected chi connectivity index (χ4v) is 1.74. The Morgan fingerprint density at radius 1 is 1.24 bits per heavy atom. The van der Waals surface area contributed by atoms with E-state index < -0.39 is 0 Å². The van der Waals surface area contributed by atoms with Gasteiger partial charge in [0, 0.05) is 12.5 Å². The second-order valence-corrected chi connectivity index (χ2v) is 4.42. The minimum atomic E-state index is 0.386. The van der Waals surface area contributed by atoms with E-state index in [4.69, 9.17) is 20.5 Å². The van der Waals surface area contributed by atoms with Gasteiger partial charge < -0.3 is 15.2 Å². The predicted octanol–water partition coefficient (Wildman–Crippen LogP) is 2.60. The molecular weight excluding hydrogens is 268 g/mol. The van der Waals surface area contributed by atoms with Crippen LogP contribution in [0.5, 0.6) is 17.4 Å². The molecule has 2 rings (SSSR count). The maximum atomic E-state index is 9.02. The predicted molar refractivity (Wildman–Crippen MR) is 78.3 cm³/mol. The summed E-state index contributed by atoms with van der Waals surface area (Å²) in [7, 11) is 1.53. The van der Waals surface area contributed by atoms with Crippen molar-refractivity contribution in [3.05, 3.63) is 35.2 Å². The van der Waals surface area contributed by atoms with Crippen molar-refractivity contribution in [2.75, 3.05) is 12.8 Å². The molecule has 0 aliphatic carbocycles. The van der Waals surface area contributed by atoms with Gasteiger partial charge in [-0.1, -0.05) is 6.92 Å². The molecule has 6 nitrogen and oxygen atoms in total. The average Bonchev–Trinajstić information content (AvgIpc) is 2.51. The molecule has 0 aliphatic heterocycles. The zero-order valence-corrected chi connectivity index (χ0v) is 12.2. The summed E-state index contributed by atoms with van der Waals surface area (Å²) in [6.07, 6.45) is 0.655. The summed E-state index contributed by atoms with van der Waals surface area (Å²) in [5.41, 5.74) is 6.96. The summed E-state index contributed by atoms with van der Waals surface area (Å²) in [5, 5.41) is 9.02. The van der Waals surface area contributed by atoms with Crippen LogP contribution in [0.3, 0.4) is 0 Å². The lowest BCUT2D eigenvalue weighted by Gasteiger charge is -2.11. The lowest BCUT2D eigenvalue weighted by Crippen LogP contribution is -2.04. The van der Waals surface area contributed by atoms with E-state index in [1.165, 1.54) is 7.11 Å². The van der Waals surface area contributed by atoms with Crippen LogP contribution in [0.2, 0.25) is 0 Å². The molecular formula is C15H16N4O2. The van der Waals surface area contributed by atoms with Gasteiger partial charge in [-0.05, 0) is 19.1 Å². The second-order valence-electron chi connectivity index (χ2n) is 4.42. The van der Waals surface area contributed by atoms with E-state index in [9.17, 15) is 0 Å². The number of nitrogens with zero attached hydrogens (tertiary/aromatic N) is 3. The molecule has 1 aromatic heterocycles. The Hall–Kier alpha value is -2.81. The van der Waals surface area contributed by atoms with Crippen molar-refractivity contribution < 1.29 is 9.47 Å². The second kappa shape index (κ2) is 6.09. The number of aromatic nitrogens is 2. The third kappa shape index (κ3) is 3.20. The smallest absolute Gasteiger partial charge is 0.227 e. The van der Waals surface area contributed by atoms with Crippen LogP contribution in [0.15, 0.2) is 18.2 Å². The van der Waals surface area contributed by atoms with Gasteiger partial charge in [-0.25, -0.2) is 4.98 Å². The number of nitriles is 1. The summed E-state index contributed by atoms with van der Waals surface area (Å²) < 4.78 is 10.9. The fourth-order valence-electron chi connectivity index (χ4n) is 1.74. The largest absolute Gasteiger partial charge is 0.497 e. The first kappa shape index (κ1) is 14.6. The number of methoxy groups -OCH3 is 1. The Labute approximate surface area is 123 Å². The zero-order valence-electron chi connectivity index (χ0n) is 12.2. The van der Waals surface area contributed by atoms with E-state index in [0.717, 1.165) is 0 Å². The van der Waals surface area contributed by atoms with Crippen molar-refractivity contribution in [1.82, 2.24) is 9.97 Å². The van der Waals surface area contributed by atoms with E-state index >= 15 is 0 Å². The van der Waals surface area contributed by atoms with Crippen LogP contribution in [0, 0.1) is 18.3 Å². The molecule has 1 aromatic carbocycles. The van der Waals surface area contributed by atoms with Crippen molar-refractivity contribution >= 4 is 5.82 Å². The third-order valence-corrected chi connectivity index (χ3v) is 2.96. The molecule has 108 valence electrons. The molecule has 2 N–H and O–H groups in total. The Morgan fingerprint density at radius 2 is 1.95 bits per heavy atom. The summed E-state index contributed by atoms with van der Waals surface area (Å²) in [6.45, 7) is 3.72. The van der Waals surface area contributed by atoms with E-state index in [1.54, 1.807) is 25.1 Å². The van der Waals surface area contributed by atoms with Crippen molar-refractivity contribution in [2.24, 2.45) is 0 Å². The number of nitrogens with two attached hydrogens (primary N) is 1. The molecule has 0 unspecified atom stereocenters. The lowest BCUT2D eigenvalue weighted by molar-refractivity contribution is 0.406. The Morgan fingerprint density at radius 3 is 2.57 bits per heavy atom. The summed E-state index contributed by atoms with van der Waals surface area (Å²) in [6, 6.07) is 6.99. The summed E-state index contributed by atoms with van der Waals surface area (Å²) in [4.78, 5) is 8.49. The molecule has 21 heavy (non-hydrogen) atoms. The Bertz CT molecular complexity index is 708. The van der Waals surface area contributed by atoms with Gasteiger partial charge in [0.1, 0.15) is 23.1 Å². The molecule has 1 heterocycles. The molecule has 2 aromatic rings. The Kier molecular flexibility index (Phi) is 4.24. The average molecular weight is 284 g/mol. The highest BCUT2D eigenvalue weighted by Gasteiger charge is 2.11. The number of nitrogen functional groups attached to an aromatic ring is 1. The van der Waals surface area contributed by atoms with Gasteiger partial charge >= 0.3 is 0 Å². The van der Waals surface area contributed by atoms with Gasteiger partial charge in [-0.15, -0.1) is 0 Å². The number of aryl methyl sites for hydroxylation is 1. The first-order valence-corrected chi connectivity index (χ1v) is 6.47. The van der Waals surface area contributed by atoms with Gasteiger partial charge in [0.2, 0.25) is 5.88 Å². The molecule has 0 radical (unpaired) electrons. The van der Waals surface area contributed by atoms with Gasteiger partial charge in [0.15, 0.2) is 0 Å². The van der Waals surface area contributed by atoms with Crippen LogP contribution in [0.25, 0.3) is 0 Å². The highest BCUT2D eigenvalue weighted by molar-refractivity contribution is 5.48. The van der Waals surface area contributed by atoms with Gasteiger partial charge in [-0.2, -0.15) is 10.2 Å². The molecule has 0 bridgehead atoms. The summed E-state index contributed by atoms with van der Waals surface area (Å²) >= 11 is 0. The summed E-state index contributed by atoms with van der Waals surface area (Å²) in [5.74, 6) is 2.39. The number of rotatable bonds is 4. The van der Waals surface area contributed by atoms with Gasteiger partial charge in [0.25, 0.3) is 0 Å². The number of benzene rings is 1. The topological polar surface area (TPSA) is 94.1 Å². The first-order valence-electron chi connectivity index (χ1n) is 6.47. The molecule has 0 fully saturated rings. The molecule has 0 atom stereocenters. The standard InChI is InChI=1S/C15H16N4O2/c1-4-13-18-14(17)9(2)15(19-13)21-12-6-10(8-16)5-11(7-12)20-3/h5-7H,4H2,1-3H3,(H2,17,18,19). The highest BCUT2D eigenvalue weighted by atomic mass is 16.5. The minimum absolute atomic E-state index is 0.386. The van der Waals surface area contributed by atoms with Crippen LogP contribution < -0.4 is 15.2 Å². The van der Waals surface area contributed by atoms with Gasteiger partial charge in [-0.3, -0.25) is 0 Å². The number of hydrogen-bond donors (Lipinski definition) is 1. The molecule has 0 aliphatic rings. The van der Waals surface area contributed by atoms with Crippen LogP contribution >= 0.6 is 0 Å². The number of hydrogen-bond acceptors (Lipinski definition) is 6. The SMILES string of the molecule is CCc1nc(N)c(C)c(Oc2cc(C#N)cc(OC)c2)n1. The van der Waals surface area contributed by atoms with Crippen LogP contribution in [-0.4, -0.2) is 17.1 Å². The lowest BCUT2D eigenvalue weighted by atomic mass is 10.2. The van der Waals surface area contributed by atoms with E-state index in [0.29, 0.717) is 46.6 Å². The minimum Gasteiger partial charge on any atom is -0.497 e. The maximum Gasteiger partial charge on any atom is 0.227 e. The van der Waals surface area contributed by atoms with Crippen molar-refractivity contribution in [1.29, 1.82) is 5.26 Å². The Balaban J connectivity index is 2.42. The van der Waals surface area contributed by atoms with Crippen LogP contribution in [-0.2, 0) is 6.42 Å². The maximum absolute atomic E-state index is 9.02. The van der Waals surface area contributed by atoms with Crippen LogP contribution in [0.1, 0.15) is 23.9 Å². The zero-order chi connectivity index (χ0) is 15.4. The first-order chi connectivity index (χ1) is 10.1. The normalized spacial score (nSPS) is 10.0. The van der Waals surface area contributed by atoms with Crippen molar-refractivity contribution in [2.45, 2.75) is 20.3 Å². The van der Waals surface area contributed by atoms with Crippen molar-refractivity contribution in [3.8, 4) is 23.4 Å². The highest BCUT2D eigenvalue weighted by Crippen LogP contribution is 2.29. The quantitative estimate of drug-likeness (QED) is 0.927. The van der Waals surface area contributed by atoms with E-state index in [1.807, 2.05) is 6.92 Å². The fraction of sp³-hybridized carbons (Fsp3) is 0.267. The van der Waals surface area contributed by atoms with E-state index in [2.05, 4.69) is 16.0 Å². The van der Waals surface area contributed by atoms with Crippen molar-refractivity contribution in [3.63, 3.8) is 0 Å². The van der Waals surface area contributed by atoms with Crippen LogP contribution in [0.4, 0.5) is 5.82 Å². The molecule has 0 saturated heterocycles.